The summed E-state index contributed by atoms with van der Waals surface area (Å²) in [4.78, 5) is 24.6. The fourth-order valence-electron chi connectivity index (χ4n) is 2.62. The molecule has 0 radical (unpaired) electrons. The summed E-state index contributed by atoms with van der Waals surface area (Å²) in [6, 6.07) is 4.01. The van der Waals surface area contributed by atoms with E-state index in [0.717, 1.165) is 19.3 Å². The van der Waals surface area contributed by atoms with Crippen molar-refractivity contribution in [2.45, 2.75) is 33.1 Å². The van der Waals surface area contributed by atoms with E-state index in [1.54, 1.807) is 4.90 Å². The van der Waals surface area contributed by atoms with Gasteiger partial charge < -0.3 is 10.6 Å². The van der Waals surface area contributed by atoms with E-state index in [-0.39, 0.29) is 28.3 Å². The number of carbonyl (C=O) groups is 1. The Bertz CT molecular complexity index is 563. The summed E-state index contributed by atoms with van der Waals surface area (Å²) in [5.74, 6) is -0.214. The molecule has 0 spiro atoms. The predicted octanol–water partition coefficient (Wildman–Crippen LogP) is 2.83. The lowest BCUT2D eigenvalue weighted by atomic mass is 9.78. The molecule has 0 bridgehead atoms. The molecule has 2 rings (SSSR count). The van der Waals surface area contributed by atoms with Gasteiger partial charge in [0.05, 0.1) is 10.5 Å². The Labute approximate surface area is 124 Å². The normalized spacial score (nSPS) is 17.5. The Kier molecular flexibility index (Phi) is 4.16. The molecule has 0 unspecified atom stereocenters. The van der Waals surface area contributed by atoms with Crippen molar-refractivity contribution in [3.05, 3.63) is 33.9 Å². The van der Waals surface area contributed by atoms with Crippen molar-refractivity contribution in [2.75, 3.05) is 18.8 Å². The second kappa shape index (κ2) is 5.71. The van der Waals surface area contributed by atoms with Crippen molar-refractivity contribution in [1.82, 2.24) is 4.90 Å². The molecule has 1 aromatic rings. The number of nitrogens with zero attached hydrogens (tertiary/aromatic N) is 2. The molecule has 6 heteroatoms. The molecule has 114 valence electrons. The molecule has 1 saturated heterocycles. The third-order valence-electron chi connectivity index (χ3n) is 4.59. The first-order valence-corrected chi connectivity index (χ1v) is 7.19. The average molecular weight is 291 g/mol. The van der Waals surface area contributed by atoms with Crippen molar-refractivity contribution in [2.24, 2.45) is 5.41 Å². The van der Waals surface area contributed by atoms with Crippen molar-refractivity contribution < 1.29 is 9.72 Å². The van der Waals surface area contributed by atoms with Gasteiger partial charge in [0.25, 0.3) is 11.6 Å². The number of rotatable bonds is 3. The largest absolute Gasteiger partial charge is 0.398 e. The predicted molar refractivity (Wildman–Crippen MR) is 81.0 cm³/mol. The third kappa shape index (κ3) is 3.15. The van der Waals surface area contributed by atoms with E-state index in [2.05, 4.69) is 13.8 Å². The molecule has 0 saturated carbocycles. The number of nitro groups is 1. The van der Waals surface area contributed by atoms with E-state index < -0.39 is 4.92 Å². The molecule has 0 aliphatic carbocycles. The van der Waals surface area contributed by atoms with Crippen LogP contribution in [0.25, 0.3) is 0 Å². The lowest BCUT2D eigenvalue weighted by Gasteiger charge is -2.39. The molecule has 0 aromatic heterocycles. The maximum atomic E-state index is 12.5. The van der Waals surface area contributed by atoms with Crippen LogP contribution in [0.4, 0.5) is 11.4 Å². The number of nitrogens with two attached hydrogens (primary N) is 1. The maximum absolute atomic E-state index is 12.5. The summed E-state index contributed by atoms with van der Waals surface area (Å²) in [5.41, 5.74) is 6.49. The topological polar surface area (TPSA) is 89.5 Å². The van der Waals surface area contributed by atoms with Crippen molar-refractivity contribution in [1.29, 1.82) is 0 Å². The molecule has 1 aromatic carbocycles. The number of anilines is 1. The van der Waals surface area contributed by atoms with E-state index >= 15 is 0 Å². The van der Waals surface area contributed by atoms with Crippen LogP contribution in [0.2, 0.25) is 0 Å². The van der Waals surface area contributed by atoms with Gasteiger partial charge in [-0.05, 0) is 24.3 Å². The van der Waals surface area contributed by atoms with Gasteiger partial charge in [-0.1, -0.05) is 20.3 Å². The minimum Gasteiger partial charge on any atom is -0.398 e. The van der Waals surface area contributed by atoms with Crippen LogP contribution >= 0.6 is 0 Å². The molecule has 21 heavy (non-hydrogen) atoms. The Morgan fingerprint density at radius 1 is 1.43 bits per heavy atom. The SMILES string of the molecule is CCC1(C)CCN(C(=O)c2cc([N+](=O)[O-])ccc2N)CC1. The van der Waals surface area contributed by atoms with Crippen molar-refractivity contribution >= 4 is 17.3 Å². The first kappa shape index (κ1) is 15.3. The van der Waals surface area contributed by atoms with Crippen LogP contribution in [-0.4, -0.2) is 28.8 Å². The van der Waals surface area contributed by atoms with E-state index in [4.69, 9.17) is 5.73 Å². The summed E-state index contributed by atoms with van der Waals surface area (Å²) in [5, 5.41) is 10.8. The summed E-state index contributed by atoms with van der Waals surface area (Å²) >= 11 is 0. The number of hydrogen-bond acceptors (Lipinski definition) is 4. The summed E-state index contributed by atoms with van der Waals surface area (Å²) < 4.78 is 0. The van der Waals surface area contributed by atoms with Crippen LogP contribution in [0.3, 0.4) is 0 Å². The molecule has 0 atom stereocenters. The molecular formula is C15H21N3O3. The van der Waals surface area contributed by atoms with Crippen LogP contribution in [0, 0.1) is 15.5 Å². The third-order valence-corrected chi connectivity index (χ3v) is 4.59. The number of nitro benzene ring substituents is 1. The van der Waals surface area contributed by atoms with Gasteiger partial charge in [0, 0.05) is 30.9 Å². The number of hydrogen-bond donors (Lipinski definition) is 1. The van der Waals surface area contributed by atoms with E-state index in [1.165, 1.54) is 18.2 Å². The number of amides is 1. The Balaban J connectivity index is 2.18. The molecule has 1 aliphatic rings. The van der Waals surface area contributed by atoms with Crippen LogP contribution in [-0.2, 0) is 0 Å². The van der Waals surface area contributed by atoms with Gasteiger partial charge in [0.1, 0.15) is 0 Å². The summed E-state index contributed by atoms with van der Waals surface area (Å²) in [6.07, 6.45) is 2.99. The summed E-state index contributed by atoms with van der Waals surface area (Å²) in [6.45, 7) is 5.74. The van der Waals surface area contributed by atoms with Crippen LogP contribution in [0.5, 0.6) is 0 Å². The Morgan fingerprint density at radius 3 is 2.57 bits per heavy atom. The van der Waals surface area contributed by atoms with Crippen molar-refractivity contribution in [3.63, 3.8) is 0 Å². The molecule has 1 fully saturated rings. The fraction of sp³-hybridized carbons (Fsp3) is 0.533. The van der Waals surface area contributed by atoms with Gasteiger partial charge in [-0.3, -0.25) is 14.9 Å². The number of nitrogen functional groups attached to an aromatic ring is 1. The number of non-ortho nitro benzene ring substituents is 1. The number of carbonyl (C=O) groups excluding carboxylic acids is 1. The quantitative estimate of drug-likeness (QED) is 0.527. The standard InChI is InChI=1S/C15H21N3O3/c1-3-15(2)6-8-17(9-7-15)14(19)12-10-11(18(20)21)4-5-13(12)16/h4-5,10H,3,6-9,16H2,1-2H3. The zero-order valence-corrected chi connectivity index (χ0v) is 12.5. The van der Waals surface area contributed by atoms with Gasteiger partial charge >= 0.3 is 0 Å². The molecular weight excluding hydrogens is 270 g/mol. The lowest BCUT2D eigenvalue weighted by molar-refractivity contribution is -0.384. The van der Waals surface area contributed by atoms with Crippen LogP contribution in [0.15, 0.2) is 18.2 Å². The summed E-state index contributed by atoms with van der Waals surface area (Å²) in [7, 11) is 0. The highest BCUT2D eigenvalue weighted by Gasteiger charge is 2.31. The van der Waals surface area contributed by atoms with Gasteiger partial charge in [-0.2, -0.15) is 0 Å². The van der Waals surface area contributed by atoms with Gasteiger partial charge in [0.15, 0.2) is 0 Å². The molecule has 1 heterocycles. The monoisotopic (exact) mass is 291 g/mol. The Morgan fingerprint density at radius 2 is 2.05 bits per heavy atom. The van der Waals surface area contributed by atoms with E-state index in [1.807, 2.05) is 0 Å². The van der Waals surface area contributed by atoms with Crippen LogP contribution in [0.1, 0.15) is 43.5 Å². The second-order valence-corrected chi connectivity index (χ2v) is 5.99. The van der Waals surface area contributed by atoms with Crippen LogP contribution < -0.4 is 5.73 Å². The first-order valence-electron chi connectivity index (χ1n) is 7.19. The van der Waals surface area contributed by atoms with Gasteiger partial charge in [-0.15, -0.1) is 0 Å². The van der Waals surface area contributed by atoms with E-state index in [9.17, 15) is 14.9 Å². The number of benzene rings is 1. The van der Waals surface area contributed by atoms with Crippen molar-refractivity contribution in [3.8, 4) is 0 Å². The minimum atomic E-state index is -0.513. The zero-order chi connectivity index (χ0) is 15.6. The Hall–Kier alpha value is -2.11. The maximum Gasteiger partial charge on any atom is 0.270 e. The molecule has 2 N–H and O–H groups in total. The highest BCUT2D eigenvalue weighted by atomic mass is 16.6. The average Bonchev–Trinajstić information content (AvgIpc) is 2.47. The smallest absolute Gasteiger partial charge is 0.270 e. The number of likely N-dealkylation sites (tertiary alicyclic amines) is 1. The molecule has 1 aliphatic heterocycles. The van der Waals surface area contributed by atoms with Gasteiger partial charge in [-0.25, -0.2) is 0 Å². The zero-order valence-electron chi connectivity index (χ0n) is 12.5. The molecule has 1 amide bonds. The molecule has 6 nitrogen and oxygen atoms in total. The highest BCUT2D eigenvalue weighted by Crippen LogP contribution is 2.34. The first-order chi connectivity index (χ1) is 9.86. The van der Waals surface area contributed by atoms with Gasteiger partial charge in [0.2, 0.25) is 0 Å². The fourth-order valence-corrected chi connectivity index (χ4v) is 2.62. The van der Waals surface area contributed by atoms with E-state index in [0.29, 0.717) is 13.1 Å². The highest BCUT2D eigenvalue weighted by molar-refractivity contribution is 5.99. The minimum absolute atomic E-state index is 0.108. The number of piperidine rings is 1. The second-order valence-electron chi connectivity index (χ2n) is 5.99. The lowest BCUT2D eigenvalue weighted by Crippen LogP contribution is -2.42.